The molecule has 0 saturated carbocycles. The first kappa shape index (κ1) is 14.3. The first-order valence-electron chi connectivity index (χ1n) is 6.11. The average Bonchev–Trinajstić information content (AvgIpc) is 2.46. The van der Waals surface area contributed by atoms with Crippen molar-refractivity contribution >= 4 is 23.5 Å². The number of aryl methyl sites for hydroxylation is 1. The van der Waals surface area contributed by atoms with Crippen LogP contribution in [0.3, 0.4) is 0 Å². The molecule has 1 N–H and O–H groups in total. The van der Waals surface area contributed by atoms with Crippen molar-refractivity contribution in [3.8, 4) is 5.88 Å². The van der Waals surface area contributed by atoms with E-state index in [1.165, 1.54) is 18.7 Å². The summed E-state index contributed by atoms with van der Waals surface area (Å²) in [7, 11) is 1.47. The molecule has 1 heterocycles. The molecule has 0 spiro atoms. The highest BCUT2D eigenvalue weighted by molar-refractivity contribution is 6.29. The number of nitrogens with zero attached hydrogens (tertiary/aromatic N) is 2. The van der Waals surface area contributed by atoms with Crippen molar-refractivity contribution in [2.75, 3.05) is 12.4 Å². The molecule has 0 fully saturated rings. The third kappa shape index (κ3) is 3.45. The van der Waals surface area contributed by atoms with Gasteiger partial charge in [-0.1, -0.05) is 30.7 Å². The van der Waals surface area contributed by atoms with Crippen LogP contribution in [0.5, 0.6) is 5.88 Å². The van der Waals surface area contributed by atoms with Gasteiger partial charge in [0.1, 0.15) is 5.15 Å². The number of amides is 1. The van der Waals surface area contributed by atoms with Gasteiger partial charge in [0.2, 0.25) is 11.8 Å². The largest absolute Gasteiger partial charge is 0.481 e. The van der Waals surface area contributed by atoms with Gasteiger partial charge in [0.25, 0.3) is 5.91 Å². The van der Waals surface area contributed by atoms with E-state index in [9.17, 15) is 4.79 Å². The average molecular weight is 292 g/mol. The Morgan fingerprint density at radius 3 is 2.60 bits per heavy atom. The van der Waals surface area contributed by atoms with Gasteiger partial charge in [-0.3, -0.25) is 10.1 Å². The van der Waals surface area contributed by atoms with Gasteiger partial charge in [-0.05, 0) is 24.1 Å². The van der Waals surface area contributed by atoms with Crippen LogP contribution in [0, 0.1) is 0 Å². The number of rotatable bonds is 4. The number of hydrogen-bond donors (Lipinski definition) is 1. The van der Waals surface area contributed by atoms with Crippen molar-refractivity contribution in [3.05, 3.63) is 46.6 Å². The summed E-state index contributed by atoms with van der Waals surface area (Å²) in [6, 6.07) is 8.81. The highest BCUT2D eigenvalue weighted by Gasteiger charge is 2.10. The number of nitrogens with one attached hydrogen (secondary N) is 1. The van der Waals surface area contributed by atoms with E-state index in [1.807, 2.05) is 12.1 Å². The summed E-state index contributed by atoms with van der Waals surface area (Å²) in [5.41, 5.74) is 1.70. The molecule has 6 heteroatoms. The van der Waals surface area contributed by atoms with Crippen LogP contribution in [0.2, 0.25) is 5.15 Å². The monoisotopic (exact) mass is 291 g/mol. The summed E-state index contributed by atoms with van der Waals surface area (Å²) in [6.45, 7) is 2.06. The fourth-order valence-electron chi connectivity index (χ4n) is 1.62. The molecule has 0 atom stereocenters. The van der Waals surface area contributed by atoms with Gasteiger partial charge in [-0.2, -0.15) is 4.98 Å². The van der Waals surface area contributed by atoms with Crippen molar-refractivity contribution in [3.63, 3.8) is 0 Å². The summed E-state index contributed by atoms with van der Waals surface area (Å²) in [5, 5.41) is 2.79. The topological polar surface area (TPSA) is 64.1 Å². The second-order valence-electron chi connectivity index (χ2n) is 4.06. The van der Waals surface area contributed by atoms with Crippen LogP contribution >= 0.6 is 11.6 Å². The Labute approximate surface area is 122 Å². The Morgan fingerprint density at radius 2 is 2.00 bits per heavy atom. The van der Waals surface area contributed by atoms with Gasteiger partial charge >= 0.3 is 0 Å². The zero-order valence-electron chi connectivity index (χ0n) is 11.2. The normalized spacial score (nSPS) is 10.2. The number of anilines is 1. The Balaban J connectivity index is 2.16. The highest BCUT2D eigenvalue weighted by atomic mass is 35.5. The van der Waals surface area contributed by atoms with Crippen molar-refractivity contribution < 1.29 is 9.53 Å². The number of methoxy groups -OCH3 is 1. The van der Waals surface area contributed by atoms with Crippen LogP contribution in [0.1, 0.15) is 22.8 Å². The lowest BCUT2D eigenvalue weighted by Crippen LogP contribution is -2.14. The van der Waals surface area contributed by atoms with E-state index >= 15 is 0 Å². The minimum atomic E-state index is -0.294. The van der Waals surface area contributed by atoms with E-state index in [1.54, 1.807) is 12.1 Å². The summed E-state index contributed by atoms with van der Waals surface area (Å²) < 4.78 is 4.97. The van der Waals surface area contributed by atoms with Gasteiger partial charge in [0.05, 0.1) is 7.11 Å². The molecule has 0 bridgehead atoms. The van der Waals surface area contributed by atoms with E-state index in [0.717, 1.165) is 6.42 Å². The summed E-state index contributed by atoms with van der Waals surface area (Å²) in [5.74, 6) is 0.109. The molecule has 1 aromatic heterocycles. The molecule has 0 unspecified atom stereocenters. The van der Waals surface area contributed by atoms with E-state index in [4.69, 9.17) is 16.3 Å². The number of carbonyl (C=O) groups excluding carboxylic acids is 1. The van der Waals surface area contributed by atoms with Crippen molar-refractivity contribution in [1.29, 1.82) is 0 Å². The maximum atomic E-state index is 12.0. The first-order chi connectivity index (χ1) is 9.62. The minimum Gasteiger partial charge on any atom is -0.481 e. The minimum absolute atomic E-state index is 0.110. The van der Waals surface area contributed by atoms with Gasteiger partial charge in [0.15, 0.2) is 0 Å². The summed E-state index contributed by atoms with van der Waals surface area (Å²) in [6.07, 6.45) is 0.927. The second-order valence-corrected chi connectivity index (χ2v) is 4.45. The molecular weight excluding hydrogens is 278 g/mol. The van der Waals surface area contributed by atoms with E-state index in [-0.39, 0.29) is 17.0 Å². The van der Waals surface area contributed by atoms with E-state index in [0.29, 0.717) is 11.4 Å². The molecule has 0 aliphatic heterocycles. The summed E-state index contributed by atoms with van der Waals surface area (Å²) in [4.78, 5) is 20.0. The third-order valence-corrected chi connectivity index (χ3v) is 2.92. The SMILES string of the molecule is CCc1ccc(C(=O)Nc2nc(Cl)cc(OC)n2)cc1. The van der Waals surface area contributed by atoms with Gasteiger partial charge in [-0.25, -0.2) is 4.98 Å². The van der Waals surface area contributed by atoms with Crippen LogP contribution in [-0.4, -0.2) is 23.0 Å². The van der Waals surface area contributed by atoms with Crippen molar-refractivity contribution in [1.82, 2.24) is 9.97 Å². The first-order valence-corrected chi connectivity index (χ1v) is 6.49. The predicted molar refractivity (Wildman–Crippen MR) is 77.4 cm³/mol. The molecule has 0 aliphatic carbocycles. The molecule has 2 rings (SSSR count). The van der Waals surface area contributed by atoms with Gasteiger partial charge < -0.3 is 4.74 Å². The molecule has 2 aromatic rings. The van der Waals surface area contributed by atoms with E-state index < -0.39 is 0 Å². The van der Waals surface area contributed by atoms with Crippen LogP contribution in [0.25, 0.3) is 0 Å². The van der Waals surface area contributed by atoms with Crippen molar-refractivity contribution in [2.45, 2.75) is 13.3 Å². The fourth-order valence-corrected chi connectivity index (χ4v) is 1.80. The summed E-state index contributed by atoms with van der Waals surface area (Å²) >= 11 is 5.82. The van der Waals surface area contributed by atoms with E-state index in [2.05, 4.69) is 22.2 Å². The van der Waals surface area contributed by atoms with Gasteiger partial charge in [-0.15, -0.1) is 0 Å². The zero-order valence-corrected chi connectivity index (χ0v) is 11.9. The number of carbonyl (C=O) groups is 1. The smallest absolute Gasteiger partial charge is 0.258 e. The lowest BCUT2D eigenvalue weighted by molar-refractivity contribution is 0.102. The maximum absolute atomic E-state index is 12.0. The van der Waals surface area contributed by atoms with Gasteiger partial charge in [0, 0.05) is 11.6 Å². The zero-order chi connectivity index (χ0) is 14.5. The quantitative estimate of drug-likeness (QED) is 0.880. The van der Waals surface area contributed by atoms with Crippen LogP contribution < -0.4 is 10.1 Å². The number of hydrogen-bond acceptors (Lipinski definition) is 4. The highest BCUT2D eigenvalue weighted by Crippen LogP contribution is 2.16. The standard InChI is InChI=1S/C14H14ClN3O2/c1-3-9-4-6-10(7-5-9)13(19)18-14-16-11(15)8-12(17-14)20-2/h4-8H,3H2,1-2H3,(H,16,17,18,19). The number of ether oxygens (including phenoxy) is 1. The number of aromatic nitrogens is 2. The maximum Gasteiger partial charge on any atom is 0.258 e. The Bertz CT molecular complexity index is 614. The van der Waals surface area contributed by atoms with Crippen LogP contribution in [-0.2, 0) is 6.42 Å². The Hall–Kier alpha value is -2.14. The second kappa shape index (κ2) is 6.34. The predicted octanol–water partition coefficient (Wildman–Crippen LogP) is 2.95. The van der Waals surface area contributed by atoms with Crippen molar-refractivity contribution in [2.24, 2.45) is 0 Å². The Kier molecular flexibility index (Phi) is 4.53. The Morgan fingerprint density at radius 1 is 1.30 bits per heavy atom. The molecule has 20 heavy (non-hydrogen) atoms. The lowest BCUT2D eigenvalue weighted by atomic mass is 10.1. The molecule has 104 valence electrons. The molecule has 1 amide bonds. The van der Waals surface area contributed by atoms with Crippen LogP contribution in [0.15, 0.2) is 30.3 Å². The molecule has 0 saturated heterocycles. The number of benzene rings is 1. The van der Waals surface area contributed by atoms with Crippen LogP contribution in [0.4, 0.5) is 5.95 Å². The number of halogens is 1. The molecule has 1 aromatic carbocycles. The fraction of sp³-hybridized carbons (Fsp3) is 0.214. The molecule has 5 nitrogen and oxygen atoms in total. The lowest BCUT2D eigenvalue weighted by Gasteiger charge is -2.06. The molecule has 0 radical (unpaired) electrons. The molecular formula is C14H14ClN3O2. The molecule has 0 aliphatic rings. The third-order valence-electron chi connectivity index (χ3n) is 2.73.